The summed E-state index contributed by atoms with van der Waals surface area (Å²) in [4.78, 5) is 38.7. The second-order valence-electron chi connectivity index (χ2n) is 7.94. The van der Waals surface area contributed by atoms with Crippen molar-refractivity contribution >= 4 is 17.8 Å². The third kappa shape index (κ3) is 5.57. The lowest BCUT2D eigenvalue weighted by Crippen LogP contribution is -2.45. The molecule has 2 aromatic rings. The van der Waals surface area contributed by atoms with E-state index in [0.717, 1.165) is 4.90 Å². The molecule has 35 heavy (non-hydrogen) atoms. The van der Waals surface area contributed by atoms with Crippen molar-refractivity contribution in [2.75, 3.05) is 41.0 Å². The number of benzene rings is 2. The van der Waals surface area contributed by atoms with Gasteiger partial charge in [-0.05, 0) is 36.8 Å². The van der Waals surface area contributed by atoms with Crippen molar-refractivity contribution < 1.29 is 38.4 Å². The number of hydrogen-bond donors (Lipinski definition) is 3. The van der Waals surface area contributed by atoms with E-state index in [4.69, 9.17) is 18.9 Å². The summed E-state index contributed by atoms with van der Waals surface area (Å²) >= 11 is 0. The van der Waals surface area contributed by atoms with E-state index in [1.807, 2.05) is 0 Å². The summed E-state index contributed by atoms with van der Waals surface area (Å²) in [7, 11) is 4.49. The van der Waals surface area contributed by atoms with Gasteiger partial charge in [0.25, 0.3) is 5.91 Å². The maximum absolute atomic E-state index is 13.0. The molecule has 1 aliphatic heterocycles. The van der Waals surface area contributed by atoms with Crippen LogP contribution in [0.15, 0.2) is 42.5 Å². The van der Waals surface area contributed by atoms with Crippen LogP contribution in [0.3, 0.4) is 0 Å². The van der Waals surface area contributed by atoms with Crippen LogP contribution in [0.4, 0.5) is 4.79 Å². The lowest BCUT2D eigenvalue weighted by atomic mass is 9.92. The highest BCUT2D eigenvalue weighted by atomic mass is 16.5. The molecule has 0 aromatic heterocycles. The molecular formula is C24H29N3O8. The lowest BCUT2D eigenvalue weighted by molar-refractivity contribution is -0.134. The fourth-order valence-electron chi connectivity index (χ4n) is 3.59. The summed E-state index contributed by atoms with van der Waals surface area (Å²) in [5.74, 6) is 0.617. The van der Waals surface area contributed by atoms with Crippen LogP contribution in [0.25, 0.3) is 0 Å². The standard InChI is InChI=1S/C24H29N3O8/c1-24(15-8-10-17(32-2)11-9-15)22(30)27(23(31)26-24)13-20(29)25-12-16(28)14-35-21-18(33-3)6-5-7-19(21)34-4/h5-11,16,28H,12-14H2,1-4H3,(H,25,29)(H,26,31). The number of aliphatic hydroxyl groups is 1. The molecule has 3 N–H and O–H groups in total. The Hall–Kier alpha value is -3.99. The molecule has 11 heteroatoms. The number of carbonyl (C=O) groups is 3. The molecule has 1 saturated heterocycles. The number of amides is 4. The molecule has 0 bridgehead atoms. The van der Waals surface area contributed by atoms with Crippen LogP contribution in [0.5, 0.6) is 23.0 Å². The fraction of sp³-hybridized carbons (Fsp3) is 0.375. The highest BCUT2D eigenvalue weighted by molar-refractivity contribution is 6.09. The number of methoxy groups -OCH3 is 3. The Morgan fingerprint density at radius 2 is 1.69 bits per heavy atom. The molecule has 1 heterocycles. The van der Waals surface area contributed by atoms with Gasteiger partial charge in [-0.15, -0.1) is 0 Å². The molecule has 0 saturated carbocycles. The van der Waals surface area contributed by atoms with E-state index in [0.29, 0.717) is 28.6 Å². The number of urea groups is 1. The molecule has 1 aliphatic rings. The van der Waals surface area contributed by atoms with E-state index in [2.05, 4.69) is 10.6 Å². The van der Waals surface area contributed by atoms with E-state index >= 15 is 0 Å². The molecule has 2 aromatic carbocycles. The Morgan fingerprint density at radius 3 is 2.26 bits per heavy atom. The maximum Gasteiger partial charge on any atom is 0.325 e. The largest absolute Gasteiger partial charge is 0.497 e. The van der Waals surface area contributed by atoms with E-state index in [1.165, 1.54) is 21.3 Å². The number of carbonyl (C=O) groups excluding carboxylic acids is 3. The van der Waals surface area contributed by atoms with E-state index < -0.39 is 36.0 Å². The fourth-order valence-corrected chi connectivity index (χ4v) is 3.59. The molecule has 2 unspecified atom stereocenters. The monoisotopic (exact) mass is 487 g/mol. The van der Waals surface area contributed by atoms with Gasteiger partial charge in [-0.3, -0.25) is 14.5 Å². The molecule has 3 rings (SSSR count). The Balaban J connectivity index is 1.54. The van der Waals surface area contributed by atoms with Gasteiger partial charge < -0.3 is 34.7 Å². The van der Waals surface area contributed by atoms with Crippen LogP contribution < -0.4 is 29.6 Å². The highest BCUT2D eigenvalue weighted by Gasteiger charge is 2.49. The van der Waals surface area contributed by atoms with Crippen LogP contribution >= 0.6 is 0 Å². The van der Waals surface area contributed by atoms with Gasteiger partial charge in [0.15, 0.2) is 11.5 Å². The smallest absolute Gasteiger partial charge is 0.325 e. The number of nitrogens with zero attached hydrogens (tertiary/aromatic N) is 1. The maximum atomic E-state index is 13.0. The van der Waals surface area contributed by atoms with Gasteiger partial charge >= 0.3 is 6.03 Å². The first-order chi connectivity index (χ1) is 16.7. The molecule has 0 aliphatic carbocycles. The topological polar surface area (TPSA) is 136 Å². The summed E-state index contributed by atoms with van der Waals surface area (Å²) in [6, 6.07) is 11.1. The minimum atomic E-state index is -1.31. The quantitative estimate of drug-likeness (QED) is 0.400. The average molecular weight is 488 g/mol. The Labute approximate surface area is 202 Å². The summed E-state index contributed by atoms with van der Waals surface area (Å²) in [6.07, 6.45) is -1.07. The number of aliphatic hydroxyl groups excluding tert-OH is 1. The first-order valence-electron chi connectivity index (χ1n) is 10.8. The Kier molecular flexibility index (Phi) is 8.02. The SMILES string of the molecule is COc1ccc(C2(C)NC(=O)N(CC(=O)NCC(O)COc3c(OC)cccc3OC)C2=O)cc1. The number of nitrogens with one attached hydrogen (secondary N) is 2. The van der Waals surface area contributed by atoms with Crippen molar-refractivity contribution in [3.8, 4) is 23.0 Å². The number of ether oxygens (including phenoxy) is 4. The van der Waals surface area contributed by atoms with Crippen molar-refractivity contribution in [2.24, 2.45) is 0 Å². The van der Waals surface area contributed by atoms with Gasteiger partial charge in [0, 0.05) is 6.54 Å². The highest BCUT2D eigenvalue weighted by Crippen LogP contribution is 2.36. The average Bonchev–Trinajstić information content (AvgIpc) is 3.09. The van der Waals surface area contributed by atoms with Gasteiger partial charge in [0.2, 0.25) is 11.7 Å². The number of imide groups is 1. The van der Waals surface area contributed by atoms with Gasteiger partial charge in [-0.25, -0.2) is 4.79 Å². The molecule has 0 spiro atoms. The van der Waals surface area contributed by atoms with E-state index in [9.17, 15) is 19.5 Å². The second kappa shape index (κ2) is 11.0. The third-order valence-corrected chi connectivity index (χ3v) is 5.58. The number of rotatable bonds is 11. The molecule has 188 valence electrons. The predicted octanol–water partition coefficient (Wildman–Crippen LogP) is 1.04. The summed E-state index contributed by atoms with van der Waals surface area (Å²) < 4.78 is 21.2. The van der Waals surface area contributed by atoms with Gasteiger partial charge in [0.05, 0.1) is 21.3 Å². The molecule has 0 radical (unpaired) electrons. The van der Waals surface area contributed by atoms with Crippen molar-refractivity contribution in [1.82, 2.24) is 15.5 Å². The summed E-state index contributed by atoms with van der Waals surface area (Å²) in [6.45, 7) is 0.760. The van der Waals surface area contributed by atoms with Crippen molar-refractivity contribution in [3.05, 3.63) is 48.0 Å². The van der Waals surface area contributed by atoms with Crippen LogP contribution in [0.1, 0.15) is 12.5 Å². The van der Waals surface area contributed by atoms with Crippen molar-refractivity contribution in [2.45, 2.75) is 18.6 Å². The predicted molar refractivity (Wildman–Crippen MR) is 125 cm³/mol. The van der Waals surface area contributed by atoms with Crippen molar-refractivity contribution in [1.29, 1.82) is 0 Å². The van der Waals surface area contributed by atoms with Crippen LogP contribution in [0, 0.1) is 0 Å². The summed E-state index contributed by atoms with van der Waals surface area (Å²) in [5.41, 5.74) is -0.760. The van der Waals surface area contributed by atoms with Crippen LogP contribution in [-0.2, 0) is 15.1 Å². The lowest BCUT2D eigenvalue weighted by Gasteiger charge is -2.22. The molecule has 11 nitrogen and oxygen atoms in total. The summed E-state index contributed by atoms with van der Waals surface area (Å²) in [5, 5.41) is 15.4. The van der Waals surface area contributed by atoms with E-state index in [-0.39, 0.29) is 13.2 Å². The zero-order valence-corrected chi connectivity index (χ0v) is 20.0. The molecule has 2 atom stereocenters. The Bertz CT molecular complexity index is 1050. The molecular weight excluding hydrogens is 458 g/mol. The minimum Gasteiger partial charge on any atom is -0.497 e. The molecule has 1 fully saturated rings. The normalized spacial score (nSPS) is 18.0. The molecule has 4 amide bonds. The minimum absolute atomic E-state index is 0.157. The second-order valence-corrected chi connectivity index (χ2v) is 7.94. The Morgan fingerprint density at radius 1 is 1.06 bits per heavy atom. The van der Waals surface area contributed by atoms with Crippen molar-refractivity contribution in [3.63, 3.8) is 0 Å². The van der Waals surface area contributed by atoms with Gasteiger partial charge in [-0.2, -0.15) is 0 Å². The van der Waals surface area contributed by atoms with Crippen LogP contribution in [-0.4, -0.2) is 75.0 Å². The first kappa shape index (κ1) is 25.6. The zero-order chi connectivity index (χ0) is 25.6. The van der Waals surface area contributed by atoms with E-state index in [1.54, 1.807) is 49.4 Å². The van der Waals surface area contributed by atoms with Crippen LogP contribution in [0.2, 0.25) is 0 Å². The zero-order valence-electron chi connectivity index (χ0n) is 20.0. The first-order valence-corrected chi connectivity index (χ1v) is 10.8. The van der Waals surface area contributed by atoms with Gasteiger partial charge in [-0.1, -0.05) is 18.2 Å². The number of para-hydroxylation sites is 1. The van der Waals surface area contributed by atoms with Gasteiger partial charge in [0.1, 0.15) is 30.5 Å². The third-order valence-electron chi connectivity index (χ3n) is 5.58. The number of hydrogen-bond acceptors (Lipinski definition) is 8.